The van der Waals surface area contributed by atoms with E-state index >= 15 is 0 Å². The van der Waals surface area contributed by atoms with Crippen LogP contribution in [0.1, 0.15) is 373 Å². The fraction of sp³-hybridized carbons (Fsp3) is 0.813. The minimum absolute atomic E-state index is 0.0614. The largest absolute Gasteiger partial charge is 0.462 e. The zero-order chi connectivity index (χ0) is 57.6. The van der Waals surface area contributed by atoms with E-state index in [1.807, 2.05) is 0 Å². The summed E-state index contributed by atoms with van der Waals surface area (Å²) in [5, 5.41) is 9.71. The Morgan fingerprint density at radius 1 is 0.300 bits per heavy atom. The first-order valence-electron chi connectivity index (χ1n) is 35.5. The highest BCUT2D eigenvalue weighted by Gasteiger charge is 2.16. The topological polar surface area (TPSA) is 72.8 Å². The second-order valence-corrected chi connectivity index (χ2v) is 23.9. The maximum atomic E-state index is 12.4. The van der Waals surface area contributed by atoms with E-state index in [2.05, 4.69) is 86.8 Å². The summed E-state index contributed by atoms with van der Waals surface area (Å²) < 4.78 is 10.8. The Balaban J connectivity index is 3.40. The number of aliphatic hydroxyl groups is 1. The van der Waals surface area contributed by atoms with Gasteiger partial charge in [0.15, 0.2) is 6.10 Å². The molecule has 0 saturated carbocycles. The molecule has 0 aliphatic rings. The van der Waals surface area contributed by atoms with Crippen molar-refractivity contribution in [2.24, 2.45) is 0 Å². The van der Waals surface area contributed by atoms with Gasteiger partial charge in [0.2, 0.25) is 0 Å². The van der Waals surface area contributed by atoms with Gasteiger partial charge in [-0.3, -0.25) is 9.59 Å². The summed E-state index contributed by atoms with van der Waals surface area (Å²) in [5.41, 5.74) is 0. The van der Waals surface area contributed by atoms with Gasteiger partial charge in [0.1, 0.15) is 6.61 Å². The van der Waals surface area contributed by atoms with Crippen molar-refractivity contribution in [1.29, 1.82) is 0 Å². The van der Waals surface area contributed by atoms with Crippen molar-refractivity contribution >= 4 is 11.9 Å². The highest BCUT2D eigenvalue weighted by atomic mass is 16.6. The van der Waals surface area contributed by atoms with Gasteiger partial charge in [0.25, 0.3) is 0 Å². The monoisotopic (exact) mass is 1120 g/mol. The lowest BCUT2D eigenvalue weighted by Gasteiger charge is -2.15. The molecule has 5 nitrogen and oxygen atoms in total. The van der Waals surface area contributed by atoms with E-state index in [9.17, 15) is 14.7 Å². The number of hydrogen-bond donors (Lipinski definition) is 1. The molecule has 1 N–H and O–H groups in total. The standard InChI is InChI=1S/C75H136O5/c1-3-5-7-9-11-13-15-17-19-21-23-25-27-29-31-33-34-35-36-37-38-39-40-42-44-46-48-50-52-54-56-58-60-62-64-66-68-70-75(78)80-73(71-76)72-79-74(77)69-67-65-63-61-59-57-55-53-51-49-47-45-43-41-32-30-28-26-24-22-20-18-16-14-12-10-8-6-4-2/h5,7,11,13,17,19,22-25,29,31,73,76H,3-4,6,8-10,12,14-16,18,20-21,26-28,30,32-72H2,1-2H3/b7-5-,13-11-,19-17-,24-22-,25-23-,31-29-. The molecule has 0 rings (SSSR count). The van der Waals surface area contributed by atoms with Gasteiger partial charge in [0, 0.05) is 12.8 Å². The summed E-state index contributed by atoms with van der Waals surface area (Å²) in [4.78, 5) is 24.7. The number of carbonyl (C=O) groups excluding carboxylic acids is 2. The quantitative estimate of drug-likeness (QED) is 0.0373. The van der Waals surface area contributed by atoms with Gasteiger partial charge in [-0.2, -0.15) is 0 Å². The van der Waals surface area contributed by atoms with Gasteiger partial charge in [-0.1, -0.05) is 350 Å². The third-order valence-corrected chi connectivity index (χ3v) is 16.0. The van der Waals surface area contributed by atoms with Crippen molar-refractivity contribution in [2.45, 2.75) is 380 Å². The van der Waals surface area contributed by atoms with E-state index < -0.39 is 6.10 Å². The molecular formula is C75H136O5. The maximum absolute atomic E-state index is 12.4. The molecule has 80 heavy (non-hydrogen) atoms. The molecule has 1 unspecified atom stereocenters. The minimum atomic E-state index is -0.772. The molecule has 0 aromatic carbocycles. The Bertz CT molecular complexity index is 1400. The Labute approximate surface area is 499 Å². The average Bonchev–Trinajstić information content (AvgIpc) is 3.46. The molecule has 0 saturated heterocycles. The summed E-state index contributed by atoms with van der Waals surface area (Å²) in [6, 6.07) is 0. The smallest absolute Gasteiger partial charge is 0.306 e. The zero-order valence-electron chi connectivity index (χ0n) is 53.6. The molecule has 0 fully saturated rings. The second-order valence-electron chi connectivity index (χ2n) is 23.9. The molecule has 1 atom stereocenters. The Kier molecular flexibility index (Phi) is 68.3. The molecule has 466 valence electrons. The van der Waals surface area contributed by atoms with Crippen LogP contribution in [-0.4, -0.2) is 36.4 Å². The molecule has 0 aromatic rings. The van der Waals surface area contributed by atoms with Crippen LogP contribution >= 0.6 is 0 Å². The normalized spacial score (nSPS) is 12.6. The van der Waals surface area contributed by atoms with Gasteiger partial charge in [0.05, 0.1) is 6.61 Å². The first-order valence-corrected chi connectivity index (χ1v) is 35.5. The van der Waals surface area contributed by atoms with Crippen molar-refractivity contribution in [1.82, 2.24) is 0 Å². The molecule has 0 radical (unpaired) electrons. The molecule has 0 amide bonds. The van der Waals surface area contributed by atoms with Gasteiger partial charge < -0.3 is 14.6 Å². The number of aliphatic hydroxyl groups excluding tert-OH is 1. The number of allylic oxidation sites excluding steroid dienone is 12. The molecule has 0 aromatic heterocycles. The Morgan fingerprint density at radius 2 is 0.537 bits per heavy atom. The highest BCUT2D eigenvalue weighted by molar-refractivity contribution is 5.70. The molecular weight excluding hydrogens is 981 g/mol. The number of unbranched alkanes of at least 4 members (excludes halogenated alkanes) is 46. The van der Waals surface area contributed by atoms with E-state index in [1.165, 1.54) is 276 Å². The summed E-state index contributed by atoms with van der Waals surface area (Å²) in [6.07, 6.45) is 98.0. The van der Waals surface area contributed by atoms with Crippen LogP contribution in [0.2, 0.25) is 0 Å². The van der Waals surface area contributed by atoms with Crippen LogP contribution in [0.15, 0.2) is 72.9 Å². The van der Waals surface area contributed by atoms with E-state index in [4.69, 9.17) is 9.47 Å². The van der Waals surface area contributed by atoms with Crippen LogP contribution in [0.25, 0.3) is 0 Å². The van der Waals surface area contributed by atoms with Gasteiger partial charge >= 0.3 is 11.9 Å². The van der Waals surface area contributed by atoms with Crippen molar-refractivity contribution in [3.05, 3.63) is 72.9 Å². The lowest BCUT2D eigenvalue weighted by molar-refractivity contribution is -0.161. The fourth-order valence-electron chi connectivity index (χ4n) is 10.7. The molecule has 5 heteroatoms. The van der Waals surface area contributed by atoms with Gasteiger partial charge in [-0.25, -0.2) is 0 Å². The molecule has 0 bridgehead atoms. The van der Waals surface area contributed by atoms with E-state index in [0.29, 0.717) is 12.8 Å². The van der Waals surface area contributed by atoms with Crippen LogP contribution < -0.4 is 0 Å². The summed E-state index contributed by atoms with van der Waals surface area (Å²) >= 11 is 0. The molecule has 0 aliphatic heterocycles. The number of rotatable bonds is 66. The van der Waals surface area contributed by atoms with Crippen molar-refractivity contribution in [3.8, 4) is 0 Å². The van der Waals surface area contributed by atoms with Crippen LogP contribution in [0.5, 0.6) is 0 Å². The molecule has 0 heterocycles. The van der Waals surface area contributed by atoms with Crippen LogP contribution in [0.4, 0.5) is 0 Å². The summed E-state index contributed by atoms with van der Waals surface area (Å²) in [7, 11) is 0. The van der Waals surface area contributed by atoms with E-state index in [-0.39, 0.29) is 25.2 Å². The zero-order valence-corrected chi connectivity index (χ0v) is 53.6. The average molecular weight is 1120 g/mol. The maximum Gasteiger partial charge on any atom is 0.306 e. The molecule has 0 spiro atoms. The summed E-state index contributed by atoms with van der Waals surface area (Å²) in [6.45, 7) is 4.08. The first kappa shape index (κ1) is 77.3. The van der Waals surface area contributed by atoms with Gasteiger partial charge in [-0.15, -0.1) is 0 Å². The van der Waals surface area contributed by atoms with Crippen LogP contribution in [0.3, 0.4) is 0 Å². The van der Waals surface area contributed by atoms with Crippen molar-refractivity contribution in [3.63, 3.8) is 0 Å². The lowest BCUT2D eigenvalue weighted by Crippen LogP contribution is -2.28. The fourth-order valence-corrected chi connectivity index (χ4v) is 10.7. The Morgan fingerprint density at radius 3 is 0.825 bits per heavy atom. The second kappa shape index (κ2) is 70.6. The first-order chi connectivity index (χ1) is 39.6. The summed E-state index contributed by atoms with van der Waals surface area (Å²) in [5.74, 6) is -0.570. The number of ether oxygens (including phenoxy) is 2. The third kappa shape index (κ3) is 67.8. The van der Waals surface area contributed by atoms with E-state index in [1.54, 1.807) is 0 Å². The van der Waals surface area contributed by atoms with Gasteiger partial charge in [-0.05, 0) is 83.5 Å². The van der Waals surface area contributed by atoms with Crippen LogP contribution in [0, 0.1) is 0 Å². The number of carbonyl (C=O) groups is 2. The lowest BCUT2D eigenvalue weighted by atomic mass is 10.0. The SMILES string of the molecule is CC/C=C\C/C=C\C/C=C\C/C=C\C/C=C\CCCCCCCCCCCCCCCCCCCCCCCC(=O)OC(CO)COC(=O)CCCCCCCCCCCCCCCCCCC/C=C\CCCCCCCCCC. The number of esters is 2. The van der Waals surface area contributed by atoms with Crippen molar-refractivity contribution in [2.75, 3.05) is 13.2 Å². The van der Waals surface area contributed by atoms with E-state index in [0.717, 1.165) is 70.6 Å². The molecule has 0 aliphatic carbocycles. The number of hydrogen-bond acceptors (Lipinski definition) is 5. The predicted molar refractivity (Wildman–Crippen MR) is 353 cm³/mol. The highest BCUT2D eigenvalue weighted by Crippen LogP contribution is 2.19. The predicted octanol–water partition coefficient (Wildman–Crippen LogP) is 24.7. The van der Waals surface area contributed by atoms with Crippen LogP contribution in [-0.2, 0) is 19.1 Å². The van der Waals surface area contributed by atoms with Crippen molar-refractivity contribution < 1.29 is 24.2 Å². The third-order valence-electron chi connectivity index (χ3n) is 16.0. The Hall–Kier alpha value is -2.66. The minimum Gasteiger partial charge on any atom is -0.462 e.